The van der Waals surface area contributed by atoms with Crippen LogP contribution in [0.5, 0.6) is 0 Å². The van der Waals surface area contributed by atoms with Crippen LogP contribution in [-0.4, -0.2) is 30.7 Å². The minimum Gasteiger partial charge on any atom is -0.369 e. The van der Waals surface area contributed by atoms with E-state index in [1.807, 2.05) is 6.92 Å². The minimum absolute atomic E-state index is 0. The SMILES string of the molecule is CCCCOC(C)C(=O)NC(C)(CN)C1CC1.Cl. The average molecular weight is 279 g/mol. The quantitative estimate of drug-likeness (QED) is 0.666. The van der Waals surface area contributed by atoms with E-state index in [1.165, 1.54) is 12.8 Å². The number of unbranched alkanes of at least 4 members (excludes halogenated alkanes) is 1. The summed E-state index contributed by atoms with van der Waals surface area (Å²) >= 11 is 0. The summed E-state index contributed by atoms with van der Waals surface area (Å²) in [5.74, 6) is 0.500. The van der Waals surface area contributed by atoms with Gasteiger partial charge in [0, 0.05) is 13.2 Å². The van der Waals surface area contributed by atoms with E-state index in [-0.39, 0.29) is 30.0 Å². The molecule has 5 heteroatoms. The molecule has 0 aromatic heterocycles. The summed E-state index contributed by atoms with van der Waals surface area (Å²) in [7, 11) is 0. The third-order valence-electron chi connectivity index (χ3n) is 3.55. The van der Waals surface area contributed by atoms with Gasteiger partial charge in [0.15, 0.2) is 0 Å². The summed E-state index contributed by atoms with van der Waals surface area (Å²) in [4.78, 5) is 12.0. The molecule has 0 bridgehead atoms. The Morgan fingerprint density at radius 2 is 2.17 bits per heavy atom. The average Bonchev–Trinajstić information content (AvgIpc) is 3.13. The molecule has 1 aliphatic carbocycles. The van der Waals surface area contributed by atoms with Crippen molar-refractivity contribution in [3.8, 4) is 0 Å². The lowest BCUT2D eigenvalue weighted by Crippen LogP contribution is -2.55. The number of halogens is 1. The predicted molar refractivity (Wildman–Crippen MR) is 75.9 cm³/mol. The molecule has 1 fully saturated rings. The van der Waals surface area contributed by atoms with Gasteiger partial charge in [0.2, 0.25) is 5.91 Å². The van der Waals surface area contributed by atoms with Crippen LogP contribution < -0.4 is 11.1 Å². The Morgan fingerprint density at radius 3 is 2.61 bits per heavy atom. The van der Waals surface area contributed by atoms with Gasteiger partial charge in [0.1, 0.15) is 6.10 Å². The maximum absolute atomic E-state index is 12.0. The number of hydrogen-bond donors (Lipinski definition) is 2. The van der Waals surface area contributed by atoms with Crippen molar-refractivity contribution in [2.24, 2.45) is 11.7 Å². The Kier molecular flexibility index (Phi) is 7.83. The van der Waals surface area contributed by atoms with Crippen molar-refractivity contribution in [2.45, 2.75) is 58.1 Å². The minimum atomic E-state index is -0.383. The number of carbonyl (C=O) groups is 1. The van der Waals surface area contributed by atoms with Crippen LogP contribution in [0.15, 0.2) is 0 Å². The monoisotopic (exact) mass is 278 g/mol. The number of nitrogens with one attached hydrogen (secondary N) is 1. The third kappa shape index (κ3) is 5.12. The van der Waals surface area contributed by atoms with Gasteiger partial charge in [-0.15, -0.1) is 12.4 Å². The summed E-state index contributed by atoms with van der Waals surface area (Å²) in [6.45, 7) is 7.07. The first-order chi connectivity index (χ1) is 8.03. The van der Waals surface area contributed by atoms with E-state index in [0.717, 1.165) is 12.8 Å². The smallest absolute Gasteiger partial charge is 0.249 e. The fraction of sp³-hybridized carbons (Fsp3) is 0.923. The summed E-state index contributed by atoms with van der Waals surface area (Å²) < 4.78 is 5.48. The molecular formula is C13H27ClN2O2. The van der Waals surface area contributed by atoms with Crippen LogP contribution in [0, 0.1) is 5.92 Å². The van der Waals surface area contributed by atoms with Crippen molar-refractivity contribution in [3.05, 3.63) is 0 Å². The fourth-order valence-corrected chi connectivity index (χ4v) is 1.90. The third-order valence-corrected chi connectivity index (χ3v) is 3.55. The van der Waals surface area contributed by atoms with Crippen molar-refractivity contribution < 1.29 is 9.53 Å². The van der Waals surface area contributed by atoms with E-state index in [9.17, 15) is 4.79 Å². The first-order valence-corrected chi connectivity index (χ1v) is 6.67. The first kappa shape index (κ1) is 17.7. The molecule has 1 rings (SSSR count). The van der Waals surface area contributed by atoms with Crippen LogP contribution in [0.25, 0.3) is 0 Å². The molecule has 1 amide bonds. The summed E-state index contributed by atoms with van der Waals surface area (Å²) in [5, 5.41) is 3.04. The van der Waals surface area contributed by atoms with Gasteiger partial charge in [-0.05, 0) is 39.0 Å². The molecule has 18 heavy (non-hydrogen) atoms. The van der Waals surface area contributed by atoms with E-state index in [1.54, 1.807) is 6.92 Å². The van der Waals surface area contributed by atoms with Gasteiger partial charge in [-0.3, -0.25) is 4.79 Å². The summed E-state index contributed by atoms with van der Waals surface area (Å²) in [6.07, 6.45) is 4.02. The summed E-state index contributed by atoms with van der Waals surface area (Å²) in [6, 6.07) is 0. The van der Waals surface area contributed by atoms with Gasteiger partial charge in [-0.25, -0.2) is 0 Å². The van der Waals surface area contributed by atoms with Gasteiger partial charge >= 0.3 is 0 Å². The maximum atomic E-state index is 12.0. The van der Waals surface area contributed by atoms with Crippen LogP contribution in [0.3, 0.4) is 0 Å². The topological polar surface area (TPSA) is 64.3 Å². The highest BCUT2D eigenvalue weighted by molar-refractivity contribution is 5.85. The lowest BCUT2D eigenvalue weighted by Gasteiger charge is -2.30. The van der Waals surface area contributed by atoms with Gasteiger partial charge in [-0.2, -0.15) is 0 Å². The van der Waals surface area contributed by atoms with Crippen molar-refractivity contribution in [1.29, 1.82) is 0 Å². The number of carbonyl (C=O) groups excluding carboxylic acids is 1. The number of hydrogen-bond acceptors (Lipinski definition) is 3. The van der Waals surface area contributed by atoms with Crippen LogP contribution in [0.1, 0.15) is 46.5 Å². The van der Waals surface area contributed by atoms with Gasteiger partial charge in [0.25, 0.3) is 0 Å². The zero-order valence-electron chi connectivity index (χ0n) is 11.7. The molecule has 0 aliphatic heterocycles. The number of nitrogens with two attached hydrogens (primary N) is 1. The fourth-order valence-electron chi connectivity index (χ4n) is 1.90. The number of amides is 1. The normalized spacial score (nSPS) is 19.6. The van der Waals surface area contributed by atoms with Crippen molar-refractivity contribution in [1.82, 2.24) is 5.32 Å². The largest absolute Gasteiger partial charge is 0.369 e. The zero-order chi connectivity index (χ0) is 12.9. The zero-order valence-corrected chi connectivity index (χ0v) is 12.5. The highest BCUT2D eigenvalue weighted by Gasteiger charge is 2.42. The Morgan fingerprint density at radius 1 is 1.56 bits per heavy atom. The van der Waals surface area contributed by atoms with Crippen molar-refractivity contribution >= 4 is 18.3 Å². The molecule has 1 saturated carbocycles. The molecule has 0 radical (unpaired) electrons. The predicted octanol–water partition coefficient (Wildman–Crippen LogP) is 1.86. The van der Waals surface area contributed by atoms with Crippen LogP contribution in [0.4, 0.5) is 0 Å². The molecule has 2 unspecified atom stereocenters. The standard InChI is InChI=1S/C13H26N2O2.ClH/c1-4-5-8-17-10(2)12(16)15-13(3,9-14)11-6-7-11;/h10-11H,4-9,14H2,1-3H3,(H,15,16);1H. The number of rotatable bonds is 8. The Bertz CT molecular complexity index is 259. The molecule has 108 valence electrons. The molecule has 4 nitrogen and oxygen atoms in total. The highest BCUT2D eigenvalue weighted by atomic mass is 35.5. The summed E-state index contributed by atoms with van der Waals surface area (Å²) in [5.41, 5.74) is 5.51. The highest BCUT2D eigenvalue weighted by Crippen LogP contribution is 2.38. The first-order valence-electron chi connectivity index (χ1n) is 6.67. The molecule has 1 aliphatic rings. The Balaban J connectivity index is 0.00000289. The molecular weight excluding hydrogens is 252 g/mol. The Labute approximate surface area is 116 Å². The lowest BCUT2D eigenvalue weighted by atomic mass is 9.95. The van der Waals surface area contributed by atoms with E-state index >= 15 is 0 Å². The van der Waals surface area contributed by atoms with Crippen LogP contribution >= 0.6 is 12.4 Å². The second-order valence-electron chi connectivity index (χ2n) is 5.25. The van der Waals surface area contributed by atoms with E-state index < -0.39 is 0 Å². The molecule has 0 spiro atoms. The van der Waals surface area contributed by atoms with Crippen LogP contribution in [0.2, 0.25) is 0 Å². The van der Waals surface area contributed by atoms with E-state index in [4.69, 9.17) is 10.5 Å². The van der Waals surface area contributed by atoms with Gasteiger partial charge < -0.3 is 15.8 Å². The maximum Gasteiger partial charge on any atom is 0.249 e. The van der Waals surface area contributed by atoms with E-state index in [2.05, 4.69) is 12.2 Å². The number of ether oxygens (including phenoxy) is 1. The lowest BCUT2D eigenvalue weighted by molar-refractivity contribution is -0.133. The second kappa shape index (κ2) is 7.97. The van der Waals surface area contributed by atoms with Crippen LogP contribution in [-0.2, 0) is 9.53 Å². The van der Waals surface area contributed by atoms with E-state index in [0.29, 0.717) is 19.1 Å². The van der Waals surface area contributed by atoms with Crippen molar-refractivity contribution in [3.63, 3.8) is 0 Å². The molecule has 3 N–H and O–H groups in total. The molecule has 2 atom stereocenters. The van der Waals surface area contributed by atoms with Crippen molar-refractivity contribution in [2.75, 3.05) is 13.2 Å². The molecule has 0 aromatic carbocycles. The van der Waals surface area contributed by atoms with Gasteiger partial charge in [0.05, 0.1) is 5.54 Å². The Hall–Kier alpha value is -0.320. The van der Waals surface area contributed by atoms with Gasteiger partial charge in [-0.1, -0.05) is 13.3 Å². The molecule has 0 saturated heterocycles. The molecule has 0 aromatic rings. The second-order valence-corrected chi connectivity index (χ2v) is 5.25. The molecule has 0 heterocycles.